The van der Waals surface area contributed by atoms with E-state index in [-0.39, 0.29) is 6.29 Å². The molecule has 3 heteroatoms. The molecule has 1 saturated heterocycles. The second kappa shape index (κ2) is 9.86. The van der Waals surface area contributed by atoms with Gasteiger partial charge in [-0.15, -0.1) is 0 Å². The largest absolute Gasteiger partial charge is 0.494 e. The van der Waals surface area contributed by atoms with Crippen LogP contribution in [0.25, 0.3) is 0 Å². The fraction of sp³-hybridized carbons (Fsp3) is 0.684. The number of hydrogen-bond donors (Lipinski definition) is 0. The highest BCUT2D eigenvalue weighted by Gasteiger charge is 2.23. The monoisotopic (exact) mass is 306 g/mol. The zero-order valence-electron chi connectivity index (χ0n) is 14.1. The smallest absolute Gasteiger partial charge is 0.184 e. The van der Waals surface area contributed by atoms with E-state index in [9.17, 15) is 0 Å². The molecule has 0 bridgehead atoms. The lowest BCUT2D eigenvalue weighted by Gasteiger charge is -2.30. The van der Waals surface area contributed by atoms with Crippen molar-refractivity contribution in [3.63, 3.8) is 0 Å². The molecule has 0 aliphatic carbocycles. The van der Waals surface area contributed by atoms with Crippen molar-refractivity contribution in [2.45, 2.75) is 71.2 Å². The molecule has 1 aromatic rings. The van der Waals surface area contributed by atoms with Crippen LogP contribution >= 0.6 is 0 Å². The molecular formula is C19H30O3. The molecule has 0 amide bonds. The van der Waals surface area contributed by atoms with Gasteiger partial charge in [-0.25, -0.2) is 0 Å². The van der Waals surface area contributed by atoms with Crippen LogP contribution in [0.5, 0.6) is 5.75 Å². The zero-order chi connectivity index (χ0) is 15.6. The summed E-state index contributed by atoms with van der Waals surface area (Å²) >= 11 is 0. The summed E-state index contributed by atoms with van der Waals surface area (Å²) in [5.74, 6) is 0.924. The van der Waals surface area contributed by atoms with Crippen LogP contribution in [-0.2, 0) is 9.47 Å². The second-order valence-electron chi connectivity index (χ2n) is 6.02. The third-order valence-corrected chi connectivity index (χ3v) is 4.07. The van der Waals surface area contributed by atoms with Crippen molar-refractivity contribution in [1.29, 1.82) is 0 Å². The Labute approximate surface area is 135 Å². The average Bonchev–Trinajstić information content (AvgIpc) is 2.56. The van der Waals surface area contributed by atoms with E-state index in [2.05, 4.69) is 26.0 Å². The average molecular weight is 306 g/mol. The van der Waals surface area contributed by atoms with Crippen LogP contribution in [0, 0.1) is 0 Å². The number of hydrogen-bond acceptors (Lipinski definition) is 3. The molecule has 0 aromatic heterocycles. The Kier molecular flexibility index (Phi) is 7.75. The van der Waals surface area contributed by atoms with Gasteiger partial charge in [0.15, 0.2) is 6.29 Å². The van der Waals surface area contributed by atoms with Crippen molar-refractivity contribution in [2.75, 3.05) is 13.2 Å². The minimum atomic E-state index is -0.218. The van der Waals surface area contributed by atoms with Crippen LogP contribution in [-0.4, -0.2) is 19.3 Å². The van der Waals surface area contributed by atoms with Crippen LogP contribution in [0.15, 0.2) is 24.3 Å². The number of unbranched alkanes of at least 4 members (excludes halogenated alkanes) is 3. The Hall–Kier alpha value is -1.06. The number of benzene rings is 1. The quantitative estimate of drug-likeness (QED) is 0.583. The first-order valence-corrected chi connectivity index (χ1v) is 8.83. The Morgan fingerprint density at radius 1 is 1.05 bits per heavy atom. The maximum Gasteiger partial charge on any atom is 0.184 e. The Morgan fingerprint density at radius 2 is 1.82 bits per heavy atom. The van der Waals surface area contributed by atoms with E-state index < -0.39 is 0 Å². The third kappa shape index (κ3) is 5.62. The van der Waals surface area contributed by atoms with E-state index >= 15 is 0 Å². The van der Waals surface area contributed by atoms with Crippen molar-refractivity contribution in [3.05, 3.63) is 29.8 Å². The second-order valence-corrected chi connectivity index (χ2v) is 6.02. The first-order chi connectivity index (χ1) is 10.8. The lowest BCUT2D eigenvalue weighted by atomic mass is 10.1. The molecule has 22 heavy (non-hydrogen) atoms. The molecule has 2 unspecified atom stereocenters. The SMILES string of the molecule is CCCCCC1CCOC(c2ccc(OCCCC)cc2)O1. The number of ether oxygens (including phenoxy) is 3. The van der Waals surface area contributed by atoms with E-state index in [4.69, 9.17) is 14.2 Å². The highest BCUT2D eigenvalue weighted by atomic mass is 16.7. The van der Waals surface area contributed by atoms with Crippen molar-refractivity contribution >= 4 is 0 Å². The van der Waals surface area contributed by atoms with E-state index in [1.807, 2.05) is 12.1 Å². The van der Waals surface area contributed by atoms with Crippen LogP contribution < -0.4 is 4.74 Å². The van der Waals surface area contributed by atoms with Gasteiger partial charge in [0.25, 0.3) is 0 Å². The maximum atomic E-state index is 6.09. The third-order valence-electron chi connectivity index (χ3n) is 4.07. The zero-order valence-corrected chi connectivity index (χ0v) is 14.1. The minimum Gasteiger partial charge on any atom is -0.494 e. The summed E-state index contributed by atoms with van der Waals surface area (Å²) in [5.41, 5.74) is 1.09. The lowest BCUT2D eigenvalue weighted by molar-refractivity contribution is -0.218. The molecule has 1 aromatic carbocycles. The van der Waals surface area contributed by atoms with Crippen molar-refractivity contribution in [1.82, 2.24) is 0 Å². The van der Waals surface area contributed by atoms with Crippen molar-refractivity contribution in [2.24, 2.45) is 0 Å². The number of rotatable bonds is 9. The molecule has 1 aliphatic heterocycles. The van der Waals surface area contributed by atoms with Gasteiger partial charge in [-0.1, -0.05) is 51.7 Å². The molecule has 0 saturated carbocycles. The predicted octanol–water partition coefficient (Wildman–Crippen LogP) is 5.25. The molecule has 1 heterocycles. The van der Waals surface area contributed by atoms with Gasteiger partial charge in [0.2, 0.25) is 0 Å². The van der Waals surface area contributed by atoms with Gasteiger partial charge in [-0.05, 0) is 31.4 Å². The van der Waals surface area contributed by atoms with Gasteiger partial charge in [0, 0.05) is 5.56 Å². The van der Waals surface area contributed by atoms with E-state index in [1.54, 1.807) is 0 Å². The van der Waals surface area contributed by atoms with Gasteiger partial charge >= 0.3 is 0 Å². The molecule has 0 radical (unpaired) electrons. The standard InChI is InChI=1S/C19H30O3/c1-3-5-7-8-18-13-15-21-19(22-18)16-9-11-17(12-10-16)20-14-6-4-2/h9-12,18-19H,3-8,13-15H2,1-2H3. The molecule has 2 atom stereocenters. The minimum absolute atomic E-state index is 0.218. The predicted molar refractivity (Wildman–Crippen MR) is 89.2 cm³/mol. The molecule has 0 spiro atoms. The van der Waals surface area contributed by atoms with E-state index in [0.717, 1.165) is 50.2 Å². The van der Waals surface area contributed by atoms with Crippen LogP contribution in [0.3, 0.4) is 0 Å². The summed E-state index contributed by atoms with van der Waals surface area (Å²) in [4.78, 5) is 0. The van der Waals surface area contributed by atoms with Crippen LogP contribution in [0.1, 0.15) is 70.6 Å². The summed E-state index contributed by atoms with van der Waals surface area (Å²) in [6.45, 7) is 5.97. The summed E-state index contributed by atoms with van der Waals surface area (Å²) < 4.78 is 17.6. The van der Waals surface area contributed by atoms with Crippen molar-refractivity contribution < 1.29 is 14.2 Å². The van der Waals surface area contributed by atoms with E-state index in [1.165, 1.54) is 19.3 Å². The highest BCUT2D eigenvalue weighted by Crippen LogP contribution is 2.29. The summed E-state index contributed by atoms with van der Waals surface area (Å²) in [7, 11) is 0. The molecule has 124 valence electrons. The fourth-order valence-corrected chi connectivity index (χ4v) is 2.65. The van der Waals surface area contributed by atoms with Crippen molar-refractivity contribution in [3.8, 4) is 5.75 Å². The van der Waals surface area contributed by atoms with Gasteiger partial charge in [0.1, 0.15) is 5.75 Å². The van der Waals surface area contributed by atoms with Gasteiger partial charge < -0.3 is 14.2 Å². The molecule has 3 nitrogen and oxygen atoms in total. The molecule has 1 fully saturated rings. The molecule has 2 rings (SSSR count). The molecule has 1 aliphatic rings. The molecular weight excluding hydrogens is 276 g/mol. The summed E-state index contributed by atoms with van der Waals surface area (Å²) in [6.07, 6.45) is 8.32. The maximum absolute atomic E-state index is 6.09. The Bertz CT molecular complexity index is 402. The van der Waals surface area contributed by atoms with Crippen LogP contribution in [0.4, 0.5) is 0 Å². The first-order valence-electron chi connectivity index (χ1n) is 8.83. The highest BCUT2D eigenvalue weighted by molar-refractivity contribution is 5.28. The van der Waals surface area contributed by atoms with Gasteiger partial charge in [-0.2, -0.15) is 0 Å². The normalized spacial score (nSPS) is 21.7. The van der Waals surface area contributed by atoms with E-state index in [0.29, 0.717) is 6.10 Å². The van der Waals surface area contributed by atoms with Gasteiger partial charge in [-0.3, -0.25) is 0 Å². The summed E-state index contributed by atoms with van der Waals surface area (Å²) in [6, 6.07) is 8.14. The first kappa shape index (κ1) is 17.3. The Morgan fingerprint density at radius 3 is 2.55 bits per heavy atom. The Balaban J connectivity index is 1.82. The lowest BCUT2D eigenvalue weighted by Crippen LogP contribution is -2.26. The topological polar surface area (TPSA) is 27.7 Å². The molecule has 0 N–H and O–H groups in total. The fourth-order valence-electron chi connectivity index (χ4n) is 2.65. The van der Waals surface area contributed by atoms with Crippen LogP contribution in [0.2, 0.25) is 0 Å². The summed E-state index contributed by atoms with van der Waals surface area (Å²) in [5, 5.41) is 0. The van der Waals surface area contributed by atoms with Gasteiger partial charge in [0.05, 0.1) is 19.3 Å².